The number of amides is 1. The molecule has 3 aromatic rings. The number of esters is 2. The van der Waals surface area contributed by atoms with Crippen LogP contribution >= 0.6 is 11.6 Å². The van der Waals surface area contributed by atoms with Crippen molar-refractivity contribution in [2.45, 2.75) is 117 Å². The highest BCUT2D eigenvalue weighted by atomic mass is 35.5. The fraction of sp³-hybridized carbons (Fsp3) is 0.594. The number of ether oxygens (including phenoxy) is 2. The molecule has 0 spiro atoms. The molecule has 2 N–H and O–H groups in total. The molecule has 2 aromatic heterocycles. The molecule has 0 aliphatic carbocycles. The molecular weight excluding hydrogens is 570 g/mol. The van der Waals surface area contributed by atoms with Crippen LogP contribution in [0.1, 0.15) is 117 Å². The highest BCUT2D eigenvalue weighted by Crippen LogP contribution is 2.34. The minimum atomic E-state index is -0.534. The fourth-order valence-electron chi connectivity index (χ4n) is 4.70. The standard InChI is InChI=1S/C32H46ClN5O5/c1-6-7-8-9-10-11-12-13-14-15-20-42-27(41)19-18-26(40)34-24-21-23(16-17-25(24)43-22(2)39)30-35-31-28(33)29(32(3,4)5)36-38(31)37-30/h16-17,21,36H,6-15,18-20H2,1-5H3,(H,34,40). The zero-order valence-electron chi connectivity index (χ0n) is 26.2. The number of fused-ring (bicyclic) bond motifs is 1. The summed E-state index contributed by atoms with van der Waals surface area (Å²) in [6, 6.07) is 4.87. The van der Waals surface area contributed by atoms with E-state index < -0.39 is 17.8 Å². The maximum atomic E-state index is 12.7. The molecule has 1 amide bonds. The number of aromatic amines is 1. The third kappa shape index (κ3) is 10.7. The van der Waals surface area contributed by atoms with Crippen molar-refractivity contribution in [1.82, 2.24) is 19.8 Å². The highest BCUT2D eigenvalue weighted by Gasteiger charge is 2.25. The number of aromatic nitrogens is 4. The van der Waals surface area contributed by atoms with Crippen molar-refractivity contribution in [3.8, 4) is 17.1 Å². The van der Waals surface area contributed by atoms with E-state index in [-0.39, 0.29) is 29.7 Å². The number of carbonyl (C=O) groups excluding carboxylic acids is 3. The van der Waals surface area contributed by atoms with Gasteiger partial charge in [-0.1, -0.05) is 97.1 Å². The number of benzene rings is 1. The SMILES string of the molecule is CCCCCCCCCCCCOC(=O)CCC(=O)Nc1cc(-c2nc3c(Cl)c(C(C)(C)C)[nH]n3n2)ccc1OC(C)=O. The molecule has 2 heterocycles. The van der Waals surface area contributed by atoms with Gasteiger partial charge < -0.3 is 14.8 Å². The molecule has 0 radical (unpaired) electrons. The molecular formula is C32H46ClN5O5. The smallest absolute Gasteiger partial charge is 0.308 e. The summed E-state index contributed by atoms with van der Waals surface area (Å²) in [4.78, 5) is 41.1. The summed E-state index contributed by atoms with van der Waals surface area (Å²) in [6.07, 6.45) is 11.9. The molecule has 0 aliphatic rings. The Morgan fingerprint density at radius 1 is 0.977 bits per heavy atom. The second-order valence-electron chi connectivity index (χ2n) is 12.0. The van der Waals surface area contributed by atoms with E-state index in [4.69, 9.17) is 21.1 Å². The molecule has 10 nitrogen and oxygen atoms in total. The third-order valence-electron chi connectivity index (χ3n) is 7.07. The van der Waals surface area contributed by atoms with Gasteiger partial charge in [0.05, 0.1) is 24.4 Å². The van der Waals surface area contributed by atoms with Crippen molar-refractivity contribution in [2.75, 3.05) is 11.9 Å². The molecule has 236 valence electrons. The van der Waals surface area contributed by atoms with Gasteiger partial charge in [0.15, 0.2) is 17.2 Å². The molecule has 11 heteroatoms. The first kappa shape index (κ1) is 34.1. The Kier molecular flexibility index (Phi) is 13.0. The maximum absolute atomic E-state index is 12.7. The van der Waals surface area contributed by atoms with Crippen molar-refractivity contribution < 1.29 is 23.9 Å². The number of halogens is 1. The minimum Gasteiger partial charge on any atom is -0.466 e. The topological polar surface area (TPSA) is 128 Å². The number of H-pyrrole nitrogens is 1. The zero-order valence-corrected chi connectivity index (χ0v) is 26.9. The summed E-state index contributed by atoms with van der Waals surface area (Å²) in [5.41, 5.74) is 1.91. The molecule has 0 saturated carbocycles. The van der Waals surface area contributed by atoms with Gasteiger partial charge in [-0.25, -0.2) is 4.98 Å². The van der Waals surface area contributed by atoms with E-state index in [0.717, 1.165) is 25.0 Å². The van der Waals surface area contributed by atoms with Crippen molar-refractivity contribution in [3.63, 3.8) is 0 Å². The van der Waals surface area contributed by atoms with E-state index in [1.54, 1.807) is 18.2 Å². The van der Waals surface area contributed by atoms with Crippen LogP contribution < -0.4 is 10.1 Å². The van der Waals surface area contributed by atoms with Crippen molar-refractivity contribution >= 4 is 40.8 Å². The molecule has 0 fully saturated rings. The van der Waals surface area contributed by atoms with Crippen LogP contribution in [0.25, 0.3) is 17.0 Å². The van der Waals surface area contributed by atoms with Crippen LogP contribution in [0, 0.1) is 0 Å². The van der Waals surface area contributed by atoms with Gasteiger partial charge in [0.25, 0.3) is 0 Å². The number of nitrogens with one attached hydrogen (secondary N) is 2. The Morgan fingerprint density at radius 2 is 1.63 bits per heavy atom. The second-order valence-corrected chi connectivity index (χ2v) is 12.4. The fourth-order valence-corrected chi connectivity index (χ4v) is 5.15. The van der Waals surface area contributed by atoms with Gasteiger partial charge in [-0.15, -0.1) is 5.10 Å². The summed E-state index contributed by atoms with van der Waals surface area (Å²) in [5, 5.41) is 10.9. The van der Waals surface area contributed by atoms with Crippen molar-refractivity contribution in [3.05, 3.63) is 28.9 Å². The lowest BCUT2D eigenvalue weighted by molar-refractivity contribution is -0.144. The van der Waals surface area contributed by atoms with E-state index in [1.807, 2.05) is 20.8 Å². The summed E-state index contributed by atoms with van der Waals surface area (Å²) < 4.78 is 12.1. The lowest BCUT2D eigenvalue weighted by atomic mass is 9.92. The Balaban J connectivity index is 1.50. The van der Waals surface area contributed by atoms with Gasteiger partial charge in [-0.2, -0.15) is 4.63 Å². The van der Waals surface area contributed by atoms with Gasteiger partial charge in [0.2, 0.25) is 5.91 Å². The third-order valence-corrected chi connectivity index (χ3v) is 7.43. The van der Waals surface area contributed by atoms with Crippen LogP contribution in [0.4, 0.5) is 5.69 Å². The summed E-state index contributed by atoms with van der Waals surface area (Å²) >= 11 is 6.56. The highest BCUT2D eigenvalue weighted by molar-refractivity contribution is 6.34. The Hall–Kier alpha value is -3.40. The van der Waals surface area contributed by atoms with E-state index in [1.165, 1.54) is 56.5 Å². The molecule has 3 rings (SSSR count). The maximum Gasteiger partial charge on any atom is 0.308 e. The van der Waals surface area contributed by atoms with Crippen molar-refractivity contribution in [1.29, 1.82) is 0 Å². The lowest BCUT2D eigenvalue weighted by Gasteiger charge is -2.16. The average Bonchev–Trinajstić information content (AvgIpc) is 3.50. The van der Waals surface area contributed by atoms with Crippen LogP contribution in [0.15, 0.2) is 18.2 Å². The summed E-state index contributed by atoms with van der Waals surface area (Å²) in [6.45, 7) is 9.97. The first-order valence-corrected chi connectivity index (χ1v) is 15.8. The van der Waals surface area contributed by atoms with Crippen LogP contribution in [-0.2, 0) is 24.5 Å². The molecule has 0 aliphatic heterocycles. The number of carbonyl (C=O) groups is 3. The second kappa shape index (κ2) is 16.4. The van der Waals surface area contributed by atoms with Gasteiger partial charge in [0, 0.05) is 24.3 Å². The van der Waals surface area contributed by atoms with Crippen molar-refractivity contribution in [2.24, 2.45) is 0 Å². The summed E-state index contributed by atoms with van der Waals surface area (Å²) in [7, 11) is 0. The van der Waals surface area contributed by atoms with Crippen LogP contribution in [-0.4, -0.2) is 44.3 Å². The van der Waals surface area contributed by atoms with Crippen LogP contribution in [0.3, 0.4) is 0 Å². The molecule has 0 atom stereocenters. The molecule has 43 heavy (non-hydrogen) atoms. The first-order valence-electron chi connectivity index (χ1n) is 15.4. The van der Waals surface area contributed by atoms with E-state index >= 15 is 0 Å². The number of nitrogens with zero attached hydrogens (tertiary/aromatic N) is 3. The minimum absolute atomic E-state index is 0.0475. The molecule has 0 saturated heterocycles. The first-order chi connectivity index (χ1) is 20.5. The number of hydrogen-bond donors (Lipinski definition) is 2. The molecule has 0 bridgehead atoms. The van der Waals surface area contributed by atoms with Gasteiger partial charge >= 0.3 is 11.9 Å². The van der Waals surface area contributed by atoms with E-state index in [2.05, 4.69) is 27.4 Å². The predicted octanol–water partition coefficient (Wildman–Crippen LogP) is 7.78. The normalized spacial score (nSPS) is 11.6. The Bertz CT molecular complexity index is 1370. The van der Waals surface area contributed by atoms with Crippen LogP contribution in [0.2, 0.25) is 5.02 Å². The number of hydrogen-bond acceptors (Lipinski definition) is 7. The number of rotatable bonds is 17. The number of anilines is 1. The number of unbranched alkanes of at least 4 members (excludes halogenated alkanes) is 9. The lowest BCUT2D eigenvalue weighted by Crippen LogP contribution is -2.16. The van der Waals surface area contributed by atoms with E-state index in [9.17, 15) is 14.4 Å². The van der Waals surface area contributed by atoms with Gasteiger partial charge in [-0.05, 0) is 24.6 Å². The zero-order chi connectivity index (χ0) is 31.4. The van der Waals surface area contributed by atoms with Gasteiger partial charge in [-0.3, -0.25) is 19.5 Å². The largest absolute Gasteiger partial charge is 0.466 e. The molecule has 0 unspecified atom stereocenters. The monoisotopic (exact) mass is 615 g/mol. The summed E-state index contributed by atoms with van der Waals surface area (Å²) in [5.74, 6) is -0.818. The predicted molar refractivity (Wildman–Crippen MR) is 168 cm³/mol. The quantitative estimate of drug-likeness (QED) is 0.0901. The van der Waals surface area contributed by atoms with Gasteiger partial charge in [0.1, 0.15) is 5.02 Å². The Labute approximate surface area is 259 Å². The molecule has 1 aromatic carbocycles. The average molecular weight is 616 g/mol. The van der Waals surface area contributed by atoms with Crippen LogP contribution in [0.5, 0.6) is 5.75 Å². The Morgan fingerprint density at radius 3 is 2.23 bits per heavy atom. The van der Waals surface area contributed by atoms with E-state index in [0.29, 0.717) is 28.7 Å².